The summed E-state index contributed by atoms with van der Waals surface area (Å²) in [5.74, 6) is 0. The van der Waals surface area contributed by atoms with Gasteiger partial charge in [-0.2, -0.15) is 5.10 Å². The van der Waals surface area contributed by atoms with Crippen molar-refractivity contribution in [3.05, 3.63) is 99.5 Å². The molecule has 0 bridgehead atoms. The molecule has 0 amide bonds. The first-order chi connectivity index (χ1) is 12.2. The number of nitrogens with zero attached hydrogens (tertiary/aromatic N) is 2. The smallest absolute Gasteiger partial charge is 0.0831 e. The third-order valence-corrected chi connectivity index (χ3v) is 5.14. The molecule has 0 aliphatic carbocycles. The van der Waals surface area contributed by atoms with E-state index in [1.165, 1.54) is 5.56 Å². The number of benzene rings is 3. The van der Waals surface area contributed by atoms with Crippen molar-refractivity contribution >= 4 is 38.9 Å². The molecule has 124 valence electrons. The third kappa shape index (κ3) is 3.48. The van der Waals surface area contributed by atoms with Gasteiger partial charge in [0.1, 0.15) is 0 Å². The molecule has 4 rings (SSSR count). The molecule has 1 atom stereocenters. The fraction of sp³-hybridized carbons (Fsp3) is 0.0952. The minimum Gasteiger partial charge on any atom is -0.257 e. The highest BCUT2D eigenvalue weighted by atomic mass is 79.9. The molecule has 1 aliphatic rings. The van der Waals surface area contributed by atoms with E-state index in [9.17, 15) is 0 Å². The van der Waals surface area contributed by atoms with Crippen molar-refractivity contribution in [3.8, 4) is 0 Å². The van der Waals surface area contributed by atoms with Crippen LogP contribution in [-0.2, 0) is 0 Å². The molecular weight excluding hydrogens is 396 g/mol. The first-order valence-corrected chi connectivity index (χ1v) is 9.31. The zero-order chi connectivity index (χ0) is 17.2. The van der Waals surface area contributed by atoms with Crippen LogP contribution in [0.5, 0.6) is 0 Å². The molecule has 1 heterocycles. The molecule has 0 aromatic heterocycles. The third-order valence-electron chi connectivity index (χ3n) is 4.36. The van der Waals surface area contributed by atoms with E-state index in [4.69, 9.17) is 16.7 Å². The maximum Gasteiger partial charge on any atom is 0.0831 e. The van der Waals surface area contributed by atoms with Crippen molar-refractivity contribution in [2.75, 3.05) is 5.01 Å². The molecule has 25 heavy (non-hydrogen) atoms. The summed E-state index contributed by atoms with van der Waals surface area (Å²) in [6, 6.07) is 26.9. The number of hydrogen-bond acceptors (Lipinski definition) is 2. The summed E-state index contributed by atoms with van der Waals surface area (Å²) in [5, 5.41) is 7.80. The highest BCUT2D eigenvalue weighted by Crippen LogP contribution is 2.37. The van der Waals surface area contributed by atoms with Gasteiger partial charge in [-0.25, -0.2) is 0 Å². The van der Waals surface area contributed by atoms with Gasteiger partial charge in [-0.15, -0.1) is 0 Å². The molecule has 2 nitrogen and oxygen atoms in total. The highest BCUT2D eigenvalue weighted by Gasteiger charge is 2.29. The Bertz CT molecular complexity index is 889. The van der Waals surface area contributed by atoms with Crippen molar-refractivity contribution in [3.63, 3.8) is 0 Å². The SMILES string of the molecule is Clc1ccc(C2=NN(c3ccc(Br)cc3)C(c3ccccc3)C2)cc1. The van der Waals surface area contributed by atoms with E-state index in [-0.39, 0.29) is 6.04 Å². The van der Waals surface area contributed by atoms with E-state index in [0.717, 1.165) is 32.9 Å². The maximum absolute atomic E-state index is 6.03. The lowest BCUT2D eigenvalue weighted by atomic mass is 9.98. The largest absolute Gasteiger partial charge is 0.257 e. The molecule has 3 aromatic carbocycles. The molecule has 0 fully saturated rings. The Morgan fingerprint density at radius 2 is 1.56 bits per heavy atom. The van der Waals surface area contributed by atoms with Crippen LogP contribution in [0, 0.1) is 0 Å². The number of hydrogen-bond donors (Lipinski definition) is 0. The number of anilines is 1. The van der Waals surface area contributed by atoms with Crippen LogP contribution in [0.4, 0.5) is 5.69 Å². The Morgan fingerprint density at radius 1 is 0.880 bits per heavy atom. The predicted octanol–water partition coefficient (Wildman–Crippen LogP) is 6.46. The summed E-state index contributed by atoms with van der Waals surface area (Å²) < 4.78 is 1.06. The van der Waals surface area contributed by atoms with Gasteiger partial charge in [0.05, 0.1) is 17.4 Å². The minimum atomic E-state index is 0.188. The van der Waals surface area contributed by atoms with Crippen molar-refractivity contribution in [2.24, 2.45) is 5.10 Å². The van der Waals surface area contributed by atoms with Crippen molar-refractivity contribution in [1.82, 2.24) is 0 Å². The lowest BCUT2D eigenvalue weighted by Gasteiger charge is -2.24. The zero-order valence-electron chi connectivity index (χ0n) is 13.4. The van der Waals surface area contributed by atoms with Crippen LogP contribution in [0.1, 0.15) is 23.6 Å². The molecule has 3 aromatic rings. The number of hydrazone groups is 1. The highest BCUT2D eigenvalue weighted by molar-refractivity contribution is 9.10. The Hall–Kier alpha value is -2.10. The van der Waals surface area contributed by atoms with Crippen LogP contribution in [0.25, 0.3) is 0 Å². The van der Waals surface area contributed by atoms with Crippen molar-refractivity contribution < 1.29 is 0 Å². The summed E-state index contributed by atoms with van der Waals surface area (Å²) in [4.78, 5) is 0. The van der Waals surface area contributed by atoms with E-state index < -0.39 is 0 Å². The fourth-order valence-electron chi connectivity index (χ4n) is 3.09. The molecular formula is C21H16BrClN2. The Kier molecular flexibility index (Phi) is 4.60. The molecule has 4 heteroatoms. The molecule has 0 saturated heterocycles. The number of rotatable bonds is 3. The second-order valence-corrected chi connectivity index (χ2v) is 7.36. The Morgan fingerprint density at radius 3 is 2.24 bits per heavy atom. The van der Waals surface area contributed by atoms with Gasteiger partial charge in [0.2, 0.25) is 0 Å². The Balaban J connectivity index is 1.74. The monoisotopic (exact) mass is 410 g/mol. The van der Waals surface area contributed by atoms with E-state index in [2.05, 4.69) is 57.3 Å². The quantitative estimate of drug-likeness (QED) is 0.483. The molecule has 1 unspecified atom stereocenters. The van der Waals surface area contributed by atoms with Crippen LogP contribution in [0.2, 0.25) is 5.02 Å². The second-order valence-electron chi connectivity index (χ2n) is 6.01. The minimum absolute atomic E-state index is 0.188. The lowest BCUT2D eigenvalue weighted by molar-refractivity contribution is 0.709. The summed E-state index contributed by atoms with van der Waals surface area (Å²) in [6.07, 6.45) is 0.863. The summed E-state index contributed by atoms with van der Waals surface area (Å²) in [7, 11) is 0. The Labute approximate surface area is 160 Å². The van der Waals surface area contributed by atoms with E-state index in [1.807, 2.05) is 42.5 Å². The molecule has 0 saturated carbocycles. The van der Waals surface area contributed by atoms with Crippen LogP contribution in [0.3, 0.4) is 0 Å². The summed E-state index contributed by atoms with van der Waals surface area (Å²) in [5.41, 5.74) is 4.54. The fourth-order valence-corrected chi connectivity index (χ4v) is 3.48. The van der Waals surface area contributed by atoms with Gasteiger partial charge in [-0.3, -0.25) is 5.01 Å². The van der Waals surface area contributed by atoms with Gasteiger partial charge in [0.15, 0.2) is 0 Å². The van der Waals surface area contributed by atoms with Gasteiger partial charge in [0.25, 0.3) is 0 Å². The molecule has 0 N–H and O–H groups in total. The van der Waals surface area contributed by atoms with Crippen molar-refractivity contribution in [1.29, 1.82) is 0 Å². The predicted molar refractivity (Wildman–Crippen MR) is 108 cm³/mol. The van der Waals surface area contributed by atoms with E-state index in [0.29, 0.717) is 0 Å². The molecule has 0 radical (unpaired) electrons. The van der Waals surface area contributed by atoms with Gasteiger partial charge in [0, 0.05) is 15.9 Å². The maximum atomic E-state index is 6.03. The van der Waals surface area contributed by atoms with Crippen LogP contribution < -0.4 is 5.01 Å². The lowest BCUT2D eigenvalue weighted by Crippen LogP contribution is -2.18. The zero-order valence-corrected chi connectivity index (χ0v) is 15.8. The number of halogens is 2. The van der Waals surface area contributed by atoms with Crippen molar-refractivity contribution in [2.45, 2.75) is 12.5 Å². The average Bonchev–Trinajstić information content (AvgIpc) is 3.09. The first-order valence-electron chi connectivity index (χ1n) is 8.14. The topological polar surface area (TPSA) is 15.6 Å². The average molecular weight is 412 g/mol. The van der Waals surface area contributed by atoms with Crippen LogP contribution in [0.15, 0.2) is 88.4 Å². The van der Waals surface area contributed by atoms with E-state index in [1.54, 1.807) is 0 Å². The molecule has 1 aliphatic heterocycles. The van der Waals surface area contributed by atoms with Gasteiger partial charge >= 0.3 is 0 Å². The van der Waals surface area contributed by atoms with E-state index >= 15 is 0 Å². The first kappa shape index (κ1) is 16.4. The van der Waals surface area contributed by atoms with Crippen LogP contribution >= 0.6 is 27.5 Å². The summed E-state index contributed by atoms with van der Waals surface area (Å²) in [6.45, 7) is 0. The van der Waals surface area contributed by atoms with Gasteiger partial charge < -0.3 is 0 Å². The van der Waals surface area contributed by atoms with Gasteiger partial charge in [-0.05, 0) is 47.5 Å². The summed E-state index contributed by atoms with van der Waals surface area (Å²) >= 11 is 9.53. The molecule has 0 spiro atoms. The van der Waals surface area contributed by atoms with Gasteiger partial charge in [-0.1, -0.05) is 70.0 Å². The van der Waals surface area contributed by atoms with Crippen LogP contribution in [-0.4, -0.2) is 5.71 Å². The second kappa shape index (κ2) is 7.03. The standard InChI is InChI=1S/C21H16BrClN2/c22-17-8-12-19(13-9-17)25-21(16-4-2-1-3-5-16)14-20(24-25)15-6-10-18(23)11-7-15/h1-13,21H,14H2. The normalized spacial score (nSPS) is 16.8.